The molecule has 1 N–H and O–H groups in total. The fourth-order valence-corrected chi connectivity index (χ4v) is 1.88. The van der Waals surface area contributed by atoms with Gasteiger partial charge in [-0.05, 0) is 19.1 Å². The zero-order valence-electron chi connectivity index (χ0n) is 6.67. The molecule has 3 heteroatoms. The predicted octanol–water partition coefficient (Wildman–Crippen LogP) is 2.48. The third kappa shape index (κ3) is 1.18. The van der Waals surface area contributed by atoms with Crippen LogP contribution >= 0.6 is 15.9 Å². The molecule has 1 aromatic rings. The van der Waals surface area contributed by atoms with Crippen molar-refractivity contribution in [1.29, 1.82) is 0 Å². The molecule has 0 aliphatic carbocycles. The molecule has 0 saturated heterocycles. The number of hydrogen-bond donors (Lipinski definition) is 1. The van der Waals surface area contributed by atoms with Crippen LogP contribution < -0.4 is 4.74 Å². The molecule has 0 radical (unpaired) electrons. The number of hydrogen-bond acceptors (Lipinski definition) is 2. The lowest BCUT2D eigenvalue weighted by Gasteiger charge is -2.02. The summed E-state index contributed by atoms with van der Waals surface area (Å²) in [5, 5.41) is 9.52. The second kappa shape index (κ2) is 2.66. The number of fused-ring (bicyclic) bond motifs is 1. The summed E-state index contributed by atoms with van der Waals surface area (Å²) in [7, 11) is 0. The molecule has 0 spiro atoms. The number of phenols is 1. The van der Waals surface area contributed by atoms with E-state index in [1.807, 2.05) is 13.0 Å². The summed E-state index contributed by atoms with van der Waals surface area (Å²) in [4.78, 5) is 0. The van der Waals surface area contributed by atoms with E-state index < -0.39 is 0 Å². The van der Waals surface area contributed by atoms with Gasteiger partial charge in [0.25, 0.3) is 0 Å². The summed E-state index contributed by atoms with van der Waals surface area (Å²) < 4.78 is 6.33. The molecule has 0 amide bonds. The average molecular weight is 229 g/mol. The fourth-order valence-electron chi connectivity index (χ4n) is 1.45. The van der Waals surface area contributed by atoms with E-state index in [0.717, 1.165) is 22.2 Å². The van der Waals surface area contributed by atoms with Gasteiger partial charge in [-0.15, -0.1) is 0 Å². The number of rotatable bonds is 0. The Morgan fingerprint density at radius 1 is 1.58 bits per heavy atom. The number of halogens is 1. The molecule has 2 nitrogen and oxygen atoms in total. The highest BCUT2D eigenvalue weighted by atomic mass is 79.9. The van der Waals surface area contributed by atoms with Crippen LogP contribution in [0.1, 0.15) is 12.5 Å². The Morgan fingerprint density at radius 3 is 3.08 bits per heavy atom. The van der Waals surface area contributed by atoms with Crippen LogP contribution in [0.15, 0.2) is 16.6 Å². The smallest absolute Gasteiger partial charge is 0.127 e. The van der Waals surface area contributed by atoms with E-state index in [1.54, 1.807) is 6.07 Å². The predicted molar refractivity (Wildman–Crippen MR) is 49.6 cm³/mol. The lowest BCUT2D eigenvalue weighted by atomic mass is 10.1. The van der Waals surface area contributed by atoms with Gasteiger partial charge in [0.2, 0.25) is 0 Å². The Balaban J connectivity index is 2.52. The van der Waals surface area contributed by atoms with Crippen molar-refractivity contribution in [2.45, 2.75) is 19.4 Å². The van der Waals surface area contributed by atoms with Crippen molar-refractivity contribution in [3.05, 3.63) is 22.2 Å². The number of ether oxygens (including phenoxy) is 1. The number of benzene rings is 1. The van der Waals surface area contributed by atoms with E-state index in [2.05, 4.69) is 15.9 Å². The molecule has 0 fully saturated rings. The minimum Gasteiger partial charge on any atom is -0.507 e. The first kappa shape index (κ1) is 7.92. The highest BCUT2D eigenvalue weighted by molar-refractivity contribution is 9.10. The molecule has 0 saturated carbocycles. The highest BCUT2D eigenvalue weighted by Crippen LogP contribution is 2.37. The normalized spacial score (nSPS) is 20.3. The SMILES string of the molecule is CC1Cc2c(O)cc(Br)cc2O1. The minimum atomic E-state index is 0.181. The average Bonchev–Trinajstić information content (AvgIpc) is 2.29. The molecular weight excluding hydrogens is 220 g/mol. The van der Waals surface area contributed by atoms with Gasteiger partial charge in [-0.2, -0.15) is 0 Å². The first-order chi connectivity index (χ1) is 5.66. The van der Waals surface area contributed by atoms with Gasteiger partial charge in [-0.1, -0.05) is 15.9 Å². The van der Waals surface area contributed by atoms with Crippen molar-refractivity contribution in [3.8, 4) is 11.5 Å². The van der Waals surface area contributed by atoms with Crippen molar-refractivity contribution in [1.82, 2.24) is 0 Å². The Bertz CT molecular complexity index is 323. The van der Waals surface area contributed by atoms with Gasteiger partial charge in [0.1, 0.15) is 17.6 Å². The maximum atomic E-state index is 9.52. The summed E-state index contributed by atoms with van der Waals surface area (Å²) in [6.45, 7) is 1.99. The van der Waals surface area contributed by atoms with Gasteiger partial charge < -0.3 is 9.84 Å². The van der Waals surface area contributed by atoms with Crippen LogP contribution in [0, 0.1) is 0 Å². The summed E-state index contributed by atoms with van der Waals surface area (Å²) in [6.07, 6.45) is 0.981. The molecule has 1 aromatic carbocycles. The molecule has 0 bridgehead atoms. The second-order valence-electron chi connectivity index (χ2n) is 3.03. The third-order valence-electron chi connectivity index (χ3n) is 1.97. The van der Waals surface area contributed by atoms with Crippen LogP contribution in [0.3, 0.4) is 0 Å². The Morgan fingerprint density at radius 2 is 2.33 bits per heavy atom. The van der Waals surface area contributed by atoms with Crippen molar-refractivity contribution < 1.29 is 9.84 Å². The molecular formula is C9H9BrO2. The Kier molecular flexibility index (Phi) is 1.76. The maximum Gasteiger partial charge on any atom is 0.127 e. The van der Waals surface area contributed by atoms with Crippen LogP contribution in [0.5, 0.6) is 11.5 Å². The van der Waals surface area contributed by atoms with E-state index in [0.29, 0.717) is 5.75 Å². The van der Waals surface area contributed by atoms with Crippen molar-refractivity contribution in [3.63, 3.8) is 0 Å². The van der Waals surface area contributed by atoms with E-state index in [-0.39, 0.29) is 6.10 Å². The summed E-state index contributed by atoms with van der Waals surface area (Å²) in [5.74, 6) is 1.12. The van der Waals surface area contributed by atoms with Crippen molar-refractivity contribution >= 4 is 15.9 Å². The van der Waals surface area contributed by atoms with Crippen LogP contribution in [0.25, 0.3) is 0 Å². The summed E-state index contributed by atoms with van der Waals surface area (Å²) >= 11 is 3.30. The van der Waals surface area contributed by atoms with Crippen LogP contribution in [-0.2, 0) is 6.42 Å². The van der Waals surface area contributed by atoms with Gasteiger partial charge in [0, 0.05) is 16.5 Å². The molecule has 64 valence electrons. The highest BCUT2D eigenvalue weighted by Gasteiger charge is 2.22. The maximum absolute atomic E-state index is 9.52. The summed E-state index contributed by atoms with van der Waals surface area (Å²) in [6, 6.07) is 3.58. The molecule has 1 aliphatic heterocycles. The molecule has 1 atom stereocenters. The first-order valence-corrected chi connectivity index (χ1v) is 4.64. The topological polar surface area (TPSA) is 29.5 Å². The molecule has 1 unspecified atom stereocenters. The van der Waals surface area contributed by atoms with E-state index in [9.17, 15) is 5.11 Å². The van der Waals surface area contributed by atoms with Crippen molar-refractivity contribution in [2.24, 2.45) is 0 Å². The summed E-state index contributed by atoms with van der Waals surface area (Å²) in [5.41, 5.74) is 0.922. The zero-order chi connectivity index (χ0) is 8.72. The van der Waals surface area contributed by atoms with E-state index in [1.165, 1.54) is 0 Å². The molecule has 1 aliphatic rings. The first-order valence-electron chi connectivity index (χ1n) is 3.85. The van der Waals surface area contributed by atoms with Crippen molar-refractivity contribution in [2.75, 3.05) is 0 Å². The van der Waals surface area contributed by atoms with Gasteiger partial charge >= 0.3 is 0 Å². The molecule has 2 rings (SSSR count). The van der Waals surface area contributed by atoms with E-state index >= 15 is 0 Å². The largest absolute Gasteiger partial charge is 0.507 e. The van der Waals surface area contributed by atoms with E-state index in [4.69, 9.17) is 4.74 Å². The van der Waals surface area contributed by atoms with Crippen LogP contribution in [0.4, 0.5) is 0 Å². The van der Waals surface area contributed by atoms with Gasteiger partial charge in [-0.3, -0.25) is 0 Å². The minimum absolute atomic E-state index is 0.181. The Labute approximate surface area is 79.3 Å². The quantitative estimate of drug-likeness (QED) is 0.740. The van der Waals surface area contributed by atoms with Gasteiger partial charge in [0.05, 0.1) is 0 Å². The Hall–Kier alpha value is -0.700. The lowest BCUT2D eigenvalue weighted by molar-refractivity contribution is 0.254. The standard InChI is InChI=1S/C9H9BrO2/c1-5-2-7-8(11)3-6(10)4-9(7)12-5/h3-5,11H,2H2,1H3. The van der Waals surface area contributed by atoms with Gasteiger partial charge in [0.15, 0.2) is 0 Å². The number of aromatic hydroxyl groups is 1. The zero-order valence-corrected chi connectivity index (χ0v) is 8.26. The monoisotopic (exact) mass is 228 g/mol. The third-order valence-corrected chi connectivity index (χ3v) is 2.43. The van der Waals surface area contributed by atoms with Crippen LogP contribution in [0.2, 0.25) is 0 Å². The number of phenolic OH excluding ortho intramolecular Hbond substituents is 1. The lowest BCUT2D eigenvalue weighted by Crippen LogP contribution is -2.05. The molecule has 12 heavy (non-hydrogen) atoms. The second-order valence-corrected chi connectivity index (χ2v) is 3.95. The van der Waals surface area contributed by atoms with Crippen LogP contribution in [-0.4, -0.2) is 11.2 Å². The van der Waals surface area contributed by atoms with Gasteiger partial charge in [-0.25, -0.2) is 0 Å². The molecule has 1 heterocycles. The molecule has 0 aromatic heterocycles. The fraction of sp³-hybridized carbons (Fsp3) is 0.333.